The number of aromatic nitrogens is 2. The van der Waals surface area contributed by atoms with Crippen LogP contribution in [0.4, 0.5) is 15.9 Å². The van der Waals surface area contributed by atoms with Gasteiger partial charge in [-0.3, -0.25) is 4.79 Å². The van der Waals surface area contributed by atoms with Crippen LogP contribution in [0.1, 0.15) is 21.6 Å². The fraction of sp³-hybridized carbons (Fsp3) is 0.105. The van der Waals surface area contributed by atoms with E-state index in [9.17, 15) is 9.18 Å². The highest BCUT2D eigenvalue weighted by molar-refractivity contribution is 6.31. The van der Waals surface area contributed by atoms with Crippen molar-refractivity contribution in [1.82, 2.24) is 15.3 Å². The fourth-order valence-electron chi connectivity index (χ4n) is 2.24. The zero-order chi connectivity index (χ0) is 18.5. The van der Waals surface area contributed by atoms with Crippen LogP contribution >= 0.6 is 11.6 Å². The van der Waals surface area contributed by atoms with Crippen LogP contribution in [-0.4, -0.2) is 15.9 Å². The quantitative estimate of drug-likeness (QED) is 0.704. The summed E-state index contributed by atoms with van der Waals surface area (Å²) in [7, 11) is 0. The van der Waals surface area contributed by atoms with Gasteiger partial charge in [-0.2, -0.15) is 0 Å². The van der Waals surface area contributed by atoms with E-state index in [4.69, 9.17) is 11.6 Å². The lowest BCUT2D eigenvalue weighted by molar-refractivity contribution is 0.0946. The maximum absolute atomic E-state index is 12.9. The minimum atomic E-state index is -0.346. The molecule has 1 aromatic heterocycles. The van der Waals surface area contributed by atoms with Crippen molar-refractivity contribution in [3.63, 3.8) is 0 Å². The Balaban J connectivity index is 1.66. The van der Waals surface area contributed by atoms with Crippen molar-refractivity contribution in [2.45, 2.75) is 13.5 Å². The topological polar surface area (TPSA) is 66.9 Å². The summed E-state index contributed by atoms with van der Waals surface area (Å²) in [6.45, 7) is 2.19. The van der Waals surface area contributed by atoms with Crippen LogP contribution in [0.3, 0.4) is 0 Å². The van der Waals surface area contributed by atoms with Gasteiger partial charge >= 0.3 is 0 Å². The first-order valence-corrected chi connectivity index (χ1v) is 8.27. The standard InChI is InChI=1S/C19H16ClFN4O/c1-12-2-7-15(8-16(12)20)25-18-9-17(23-11-24-18)19(26)22-10-13-3-5-14(21)6-4-13/h2-9,11H,10H2,1H3,(H,22,26)(H,23,24,25). The molecule has 132 valence electrons. The molecule has 2 N–H and O–H groups in total. The maximum atomic E-state index is 12.9. The Hall–Kier alpha value is -2.99. The molecule has 3 rings (SSSR count). The van der Waals surface area contributed by atoms with Gasteiger partial charge in [0.1, 0.15) is 23.7 Å². The molecule has 1 heterocycles. The highest BCUT2D eigenvalue weighted by Gasteiger charge is 2.09. The van der Waals surface area contributed by atoms with Gasteiger partial charge in [0, 0.05) is 23.3 Å². The molecule has 0 radical (unpaired) electrons. The lowest BCUT2D eigenvalue weighted by Crippen LogP contribution is -2.24. The number of aryl methyl sites for hydroxylation is 1. The van der Waals surface area contributed by atoms with Crippen LogP contribution in [0, 0.1) is 12.7 Å². The summed E-state index contributed by atoms with van der Waals surface area (Å²) < 4.78 is 12.9. The summed E-state index contributed by atoms with van der Waals surface area (Å²) in [6.07, 6.45) is 1.31. The Bertz CT molecular complexity index is 931. The Kier molecular flexibility index (Phi) is 5.43. The smallest absolute Gasteiger partial charge is 0.270 e. The summed E-state index contributed by atoms with van der Waals surface area (Å²) in [4.78, 5) is 20.4. The van der Waals surface area contributed by atoms with E-state index >= 15 is 0 Å². The molecule has 0 unspecified atom stereocenters. The van der Waals surface area contributed by atoms with Gasteiger partial charge in [0.2, 0.25) is 0 Å². The Morgan fingerprint density at radius 2 is 1.88 bits per heavy atom. The van der Waals surface area contributed by atoms with Crippen molar-refractivity contribution in [1.29, 1.82) is 0 Å². The number of hydrogen-bond donors (Lipinski definition) is 2. The molecule has 0 aliphatic carbocycles. The van der Waals surface area contributed by atoms with Crippen molar-refractivity contribution in [2.75, 3.05) is 5.32 Å². The molecule has 3 aromatic rings. The van der Waals surface area contributed by atoms with Crippen molar-refractivity contribution in [2.24, 2.45) is 0 Å². The van der Waals surface area contributed by atoms with Crippen molar-refractivity contribution >= 4 is 29.0 Å². The molecule has 2 aromatic carbocycles. The molecule has 1 amide bonds. The third-order valence-electron chi connectivity index (χ3n) is 3.71. The Labute approximate surface area is 155 Å². The largest absolute Gasteiger partial charge is 0.347 e. The number of carbonyl (C=O) groups excluding carboxylic acids is 1. The van der Waals surface area contributed by atoms with Gasteiger partial charge in [0.05, 0.1) is 0 Å². The normalized spacial score (nSPS) is 10.4. The predicted molar refractivity (Wildman–Crippen MR) is 99.1 cm³/mol. The lowest BCUT2D eigenvalue weighted by atomic mass is 10.2. The van der Waals surface area contributed by atoms with Gasteiger partial charge < -0.3 is 10.6 Å². The van der Waals surface area contributed by atoms with E-state index in [1.165, 1.54) is 18.5 Å². The summed E-state index contributed by atoms with van der Waals surface area (Å²) >= 11 is 6.11. The molecule has 0 bridgehead atoms. The third-order valence-corrected chi connectivity index (χ3v) is 4.12. The summed E-state index contributed by atoms with van der Waals surface area (Å²) in [5, 5.41) is 6.47. The number of halogens is 2. The Morgan fingerprint density at radius 1 is 1.12 bits per heavy atom. The van der Waals surface area contributed by atoms with E-state index in [1.54, 1.807) is 24.3 Å². The molecule has 5 nitrogen and oxygen atoms in total. The molecule has 0 atom stereocenters. The highest BCUT2D eigenvalue weighted by atomic mass is 35.5. The second kappa shape index (κ2) is 7.93. The van der Waals surface area contributed by atoms with Crippen molar-refractivity contribution < 1.29 is 9.18 Å². The van der Waals surface area contributed by atoms with E-state index in [2.05, 4.69) is 20.6 Å². The van der Waals surface area contributed by atoms with Gasteiger partial charge in [0.15, 0.2) is 0 Å². The molecule has 7 heteroatoms. The summed E-state index contributed by atoms with van der Waals surface area (Å²) in [5.41, 5.74) is 2.75. The number of hydrogen-bond acceptors (Lipinski definition) is 4. The first kappa shape index (κ1) is 17.8. The van der Waals surface area contributed by atoms with Crippen LogP contribution in [0.2, 0.25) is 5.02 Å². The average molecular weight is 371 g/mol. The summed E-state index contributed by atoms with van der Waals surface area (Å²) in [5.74, 6) is -0.184. The second-order valence-electron chi connectivity index (χ2n) is 5.69. The van der Waals surface area contributed by atoms with E-state index in [-0.39, 0.29) is 24.0 Å². The van der Waals surface area contributed by atoms with E-state index in [0.29, 0.717) is 10.8 Å². The molecule has 26 heavy (non-hydrogen) atoms. The van der Waals surface area contributed by atoms with E-state index in [1.807, 2.05) is 19.1 Å². The number of amides is 1. The zero-order valence-corrected chi connectivity index (χ0v) is 14.7. The minimum Gasteiger partial charge on any atom is -0.347 e. The zero-order valence-electron chi connectivity index (χ0n) is 14.0. The molecule has 0 aliphatic heterocycles. The van der Waals surface area contributed by atoms with Crippen molar-refractivity contribution in [3.8, 4) is 0 Å². The molecular formula is C19H16ClFN4O. The van der Waals surface area contributed by atoms with E-state index < -0.39 is 0 Å². The van der Waals surface area contributed by atoms with Gasteiger partial charge in [0.25, 0.3) is 5.91 Å². The van der Waals surface area contributed by atoms with Crippen LogP contribution in [0.15, 0.2) is 54.9 Å². The number of benzene rings is 2. The second-order valence-corrected chi connectivity index (χ2v) is 6.09. The number of nitrogens with zero attached hydrogens (tertiary/aromatic N) is 2. The van der Waals surface area contributed by atoms with Crippen molar-refractivity contribution in [3.05, 3.63) is 82.5 Å². The molecule has 0 fully saturated rings. The van der Waals surface area contributed by atoms with Gasteiger partial charge in [-0.15, -0.1) is 0 Å². The average Bonchev–Trinajstić information content (AvgIpc) is 2.64. The van der Waals surface area contributed by atoms with Crippen LogP contribution in [0.5, 0.6) is 0 Å². The van der Waals surface area contributed by atoms with E-state index in [0.717, 1.165) is 16.8 Å². The molecule has 0 spiro atoms. The third kappa shape index (κ3) is 4.55. The predicted octanol–water partition coefficient (Wildman–Crippen LogP) is 4.25. The minimum absolute atomic E-state index is 0.225. The van der Waals surface area contributed by atoms with Gasteiger partial charge in [-0.25, -0.2) is 14.4 Å². The lowest BCUT2D eigenvalue weighted by Gasteiger charge is -2.09. The van der Waals surface area contributed by atoms with Gasteiger partial charge in [-0.1, -0.05) is 29.8 Å². The first-order chi connectivity index (χ1) is 12.5. The molecular weight excluding hydrogens is 355 g/mol. The summed E-state index contributed by atoms with van der Waals surface area (Å²) in [6, 6.07) is 13.0. The van der Waals surface area contributed by atoms with Crippen LogP contribution < -0.4 is 10.6 Å². The Morgan fingerprint density at radius 3 is 2.62 bits per heavy atom. The monoisotopic (exact) mass is 370 g/mol. The molecule has 0 saturated carbocycles. The SMILES string of the molecule is Cc1ccc(Nc2cc(C(=O)NCc3ccc(F)cc3)ncn2)cc1Cl. The van der Waals surface area contributed by atoms with Gasteiger partial charge in [-0.05, 0) is 42.3 Å². The number of rotatable bonds is 5. The maximum Gasteiger partial charge on any atom is 0.270 e. The molecule has 0 saturated heterocycles. The number of carbonyl (C=O) groups is 1. The number of nitrogens with one attached hydrogen (secondary N) is 2. The first-order valence-electron chi connectivity index (χ1n) is 7.89. The van der Waals surface area contributed by atoms with Crippen LogP contribution in [0.25, 0.3) is 0 Å². The highest BCUT2D eigenvalue weighted by Crippen LogP contribution is 2.22. The van der Waals surface area contributed by atoms with Crippen LogP contribution in [-0.2, 0) is 6.54 Å². The number of anilines is 2. The fourth-order valence-corrected chi connectivity index (χ4v) is 2.42. The molecule has 0 aliphatic rings.